The molecule has 0 radical (unpaired) electrons. The van der Waals surface area contributed by atoms with Crippen LogP contribution in [-0.2, 0) is 19.1 Å². The van der Waals surface area contributed by atoms with Crippen molar-refractivity contribution >= 4 is 40.9 Å². The number of carbonyl (C=O) groups excluding carboxylic acids is 4. The van der Waals surface area contributed by atoms with Crippen LogP contribution in [0.4, 0.5) is 4.79 Å². The number of nitrogens with zero attached hydrogens (tertiary/aromatic N) is 1. The third kappa shape index (κ3) is 6.07. The lowest BCUT2D eigenvalue weighted by atomic mass is 10.1. The Hall–Kier alpha value is -2.61. The average Bonchev–Trinajstić information content (AvgIpc) is 2.90. The van der Waals surface area contributed by atoms with Crippen molar-refractivity contribution < 1.29 is 23.9 Å². The molecule has 1 aromatic rings. The lowest BCUT2D eigenvalue weighted by Crippen LogP contribution is -2.38. The fourth-order valence-electron chi connectivity index (χ4n) is 2.08. The molecule has 132 valence electrons. The summed E-state index contributed by atoms with van der Waals surface area (Å²) in [5.41, 5.74) is 1.93. The number of hydrogen-bond acceptors (Lipinski definition) is 6. The van der Waals surface area contributed by atoms with E-state index < -0.39 is 18.5 Å². The quantitative estimate of drug-likeness (QED) is 0.582. The number of thioether (sulfide) groups is 1. The molecular formula is C17H18N2O5S. The highest BCUT2D eigenvalue weighted by atomic mass is 32.2. The Kier molecular flexibility index (Phi) is 6.76. The first kappa shape index (κ1) is 18.7. The van der Waals surface area contributed by atoms with Gasteiger partial charge in [-0.25, -0.2) is 4.79 Å². The molecule has 1 fully saturated rings. The second kappa shape index (κ2) is 9.03. The minimum absolute atomic E-state index is 0.109. The van der Waals surface area contributed by atoms with Gasteiger partial charge < -0.3 is 10.1 Å². The molecule has 3 amide bonds. The minimum Gasteiger partial charge on any atom is -0.452 e. The number of imide groups is 1. The Labute approximate surface area is 149 Å². The van der Waals surface area contributed by atoms with E-state index >= 15 is 0 Å². The van der Waals surface area contributed by atoms with Gasteiger partial charge >= 0.3 is 5.97 Å². The van der Waals surface area contributed by atoms with E-state index in [-0.39, 0.29) is 30.0 Å². The first-order valence-corrected chi connectivity index (χ1v) is 8.59. The number of aryl methyl sites for hydroxylation is 1. The highest BCUT2D eigenvalue weighted by Crippen LogP contribution is 2.17. The van der Waals surface area contributed by atoms with Crippen LogP contribution in [-0.4, -0.2) is 53.4 Å². The third-order valence-corrected chi connectivity index (χ3v) is 4.16. The molecule has 0 aromatic heterocycles. The maximum absolute atomic E-state index is 11.6. The molecule has 0 unspecified atom stereocenters. The van der Waals surface area contributed by atoms with Gasteiger partial charge in [-0.2, -0.15) is 0 Å². The molecule has 0 bridgehead atoms. The van der Waals surface area contributed by atoms with Gasteiger partial charge in [0.2, 0.25) is 5.91 Å². The smallest absolute Gasteiger partial charge is 0.331 e. The largest absolute Gasteiger partial charge is 0.452 e. The van der Waals surface area contributed by atoms with Gasteiger partial charge in [0.05, 0.1) is 5.75 Å². The highest BCUT2D eigenvalue weighted by molar-refractivity contribution is 8.14. The van der Waals surface area contributed by atoms with Crippen LogP contribution in [0.25, 0.3) is 6.08 Å². The van der Waals surface area contributed by atoms with Gasteiger partial charge in [0, 0.05) is 19.2 Å². The second-order valence-electron chi connectivity index (χ2n) is 5.31. The predicted molar refractivity (Wildman–Crippen MR) is 93.7 cm³/mol. The summed E-state index contributed by atoms with van der Waals surface area (Å²) in [5, 5.41) is 2.18. The Morgan fingerprint density at radius 2 is 2.16 bits per heavy atom. The summed E-state index contributed by atoms with van der Waals surface area (Å²) < 4.78 is 4.83. The van der Waals surface area contributed by atoms with E-state index in [1.165, 1.54) is 6.08 Å². The van der Waals surface area contributed by atoms with E-state index in [0.29, 0.717) is 0 Å². The number of hydrogen-bond donors (Lipinski definition) is 1. The zero-order chi connectivity index (χ0) is 18.2. The van der Waals surface area contributed by atoms with Crippen LogP contribution in [0.3, 0.4) is 0 Å². The molecule has 1 heterocycles. The molecule has 1 aliphatic rings. The summed E-state index contributed by atoms with van der Waals surface area (Å²) in [4.78, 5) is 47.0. The Balaban J connectivity index is 1.66. The van der Waals surface area contributed by atoms with E-state index in [1.54, 1.807) is 6.08 Å². The van der Waals surface area contributed by atoms with E-state index in [9.17, 15) is 19.2 Å². The van der Waals surface area contributed by atoms with Crippen LogP contribution in [0, 0.1) is 6.92 Å². The topological polar surface area (TPSA) is 92.8 Å². The summed E-state index contributed by atoms with van der Waals surface area (Å²) in [6.45, 7) is 1.75. The first-order chi connectivity index (χ1) is 12.0. The van der Waals surface area contributed by atoms with E-state index in [1.807, 2.05) is 31.2 Å². The summed E-state index contributed by atoms with van der Waals surface area (Å²) in [6, 6.07) is 7.59. The Morgan fingerprint density at radius 3 is 2.84 bits per heavy atom. The standard InChI is InChI=1S/C17H18N2O5S/c1-12-3-2-4-13(9-12)5-6-16(22)24-10-14(20)18-7-8-19-15(21)11-25-17(19)23/h2-6,9H,7-8,10-11H2,1H3,(H,18,20)/b6-5+. The van der Waals surface area contributed by atoms with Crippen LogP contribution in [0.2, 0.25) is 0 Å². The average molecular weight is 362 g/mol. The van der Waals surface area contributed by atoms with Crippen molar-refractivity contribution in [1.29, 1.82) is 0 Å². The molecule has 2 rings (SSSR count). The van der Waals surface area contributed by atoms with Crippen molar-refractivity contribution in [3.63, 3.8) is 0 Å². The van der Waals surface area contributed by atoms with E-state index in [4.69, 9.17) is 4.74 Å². The number of nitrogens with one attached hydrogen (secondary N) is 1. The molecular weight excluding hydrogens is 344 g/mol. The lowest BCUT2D eigenvalue weighted by molar-refractivity contribution is -0.143. The molecule has 1 saturated heterocycles. The van der Waals surface area contributed by atoms with Crippen molar-refractivity contribution in [2.24, 2.45) is 0 Å². The van der Waals surface area contributed by atoms with Crippen LogP contribution in [0.1, 0.15) is 11.1 Å². The van der Waals surface area contributed by atoms with Crippen LogP contribution in [0.5, 0.6) is 0 Å². The molecule has 0 saturated carbocycles. The first-order valence-electron chi connectivity index (χ1n) is 7.61. The molecule has 1 aromatic carbocycles. The fraction of sp³-hybridized carbons (Fsp3) is 0.294. The number of carbonyl (C=O) groups is 4. The molecule has 8 heteroatoms. The number of ether oxygens (including phenoxy) is 1. The number of esters is 1. The molecule has 0 aliphatic carbocycles. The summed E-state index contributed by atoms with van der Waals surface area (Å²) in [7, 11) is 0. The van der Waals surface area contributed by atoms with Crippen LogP contribution < -0.4 is 5.32 Å². The monoisotopic (exact) mass is 362 g/mol. The summed E-state index contributed by atoms with van der Waals surface area (Å²) in [6.07, 6.45) is 2.86. The molecule has 7 nitrogen and oxygen atoms in total. The van der Waals surface area contributed by atoms with Crippen molar-refractivity contribution in [2.75, 3.05) is 25.4 Å². The lowest BCUT2D eigenvalue weighted by Gasteiger charge is -2.12. The van der Waals surface area contributed by atoms with Gasteiger partial charge in [-0.3, -0.25) is 19.3 Å². The van der Waals surface area contributed by atoms with Crippen molar-refractivity contribution in [1.82, 2.24) is 10.2 Å². The van der Waals surface area contributed by atoms with E-state index in [0.717, 1.165) is 27.8 Å². The molecule has 1 N–H and O–H groups in total. The molecule has 1 aliphatic heterocycles. The predicted octanol–water partition coefficient (Wildman–Crippen LogP) is 1.36. The maximum Gasteiger partial charge on any atom is 0.331 e. The van der Waals surface area contributed by atoms with Crippen LogP contribution in [0.15, 0.2) is 30.3 Å². The summed E-state index contributed by atoms with van der Waals surface area (Å²) >= 11 is 0.939. The number of amides is 3. The van der Waals surface area contributed by atoms with Gasteiger partial charge in [-0.05, 0) is 18.6 Å². The van der Waals surface area contributed by atoms with Gasteiger partial charge in [0.25, 0.3) is 11.1 Å². The number of rotatable bonds is 7. The zero-order valence-corrected chi connectivity index (χ0v) is 14.5. The van der Waals surface area contributed by atoms with E-state index in [2.05, 4.69) is 5.32 Å². The normalized spacial score (nSPS) is 14.2. The van der Waals surface area contributed by atoms with Gasteiger partial charge in [-0.1, -0.05) is 41.6 Å². The van der Waals surface area contributed by atoms with Crippen LogP contribution >= 0.6 is 11.8 Å². The minimum atomic E-state index is -0.627. The third-order valence-electron chi connectivity index (χ3n) is 3.30. The van der Waals surface area contributed by atoms with Gasteiger partial charge in [0.15, 0.2) is 6.61 Å². The van der Waals surface area contributed by atoms with Gasteiger partial charge in [0.1, 0.15) is 0 Å². The van der Waals surface area contributed by atoms with Crippen molar-refractivity contribution in [3.8, 4) is 0 Å². The highest BCUT2D eigenvalue weighted by Gasteiger charge is 2.29. The van der Waals surface area contributed by atoms with Gasteiger partial charge in [-0.15, -0.1) is 0 Å². The molecule has 0 atom stereocenters. The number of benzene rings is 1. The molecule has 0 spiro atoms. The Bertz CT molecular complexity index is 701. The second-order valence-corrected chi connectivity index (χ2v) is 6.23. The maximum atomic E-state index is 11.6. The van der Waals surface area contributed by atoms with Crippen molar-refractivity contribution in [3.05, 3.63) is 41.5 Å². The fourth-order valence-corrected chi connectivity index (χ4v) is 2.83. The zero-order valence-electron chi connectivity index (χ0n) is 13.7. The molecule has 25 heavy (non-hydrogen) atoms. The SMILES string of the molecule is Cc1cccc(/C=C/C(=O)OCC(=O)NCCN2C(=O)CSC2=O)c1. The van der Waals surface area contributed by atoms with Crippen molar-refractivity contribution in [2.45, 2.75) is 6.92 Å². The Morgan fingerprint density at radius 1 is 1.36 bits per heavy atom. The summed E-state index contributed by atoms with van der Waals surface area (Å²) in [5.74, 6) is -1.25.